The lowest BCUT2D eigenvalue weighted by molar-refractivity contribution is 0.0276. The van der Waals surface area contributed by atoms with E-state index in [1.165, 1.54) is 27.4 Å². The maximum atomic E-state index is 12.7. The molecular weight excluding hydrogens is 364 g/mol. The summed E-state index contributed by atoms with van der Waals surface area (Å²) in [5.74, 6) is 1.03. The second-order valence-electron chi connectivity index (χ2n) is 5.77. The average Bonchev–Trinajstić information content (AvgIpc) is 3.23. The van der Waals surface area contributed by atoms with E-state index in [-0.39, 0.29) is 11.5 Å². The van der Waals surface area contributed by atoms with Gasteiger partial charge < -0.3 is 23.4 Å². The van der Waals surface area contributed by atoms with Gasteiger partial charge in [0.15, 0.2) is 17.6 Å². The number of nitrogens with zero attached hydrogens (tertiary/aromatic N) is 2. The fraction of sp³-hybridized carbons (Fsp3) is 0.250. The molecule has 146 valence electrons. The topological polar surface area (TPSA) is 92.9 Å². The van der Waals surface area contributed by atoms with E-state index < -0.39 is 12.1 Å². The molecule has 3 aromatic rings. The van der Waals surface area contributed by atoms with Crippen molar-refractivity contribution in [1.82, 2.24) is 10.2 Å². The molecule has 0 spiro atoms. The third kappa shape index (κ3) is 3.90. The van der Waals surface area contributed by atoms with Gasteiger partial charge in [0.1, 0.15) is 11.3 Å². The van der Waals surface area contributed by atoms with Crippen LogP contribution < -0.4 is 14.2 Å². The first-order chi connectivity index (χ1) is 13.6. The van der Waals surface area contributed by atoms with Crippen molar-refractivity contribution in [1.29, 1.82) is 0 Å². The molecule has 0 aliphatic heterocycles. The summed E-state index contributed by atoms with van der Waals surface area (Å²) in [6.07, 6.45) is -0.754. The quantitative estimate of drug-likeness (QED) is 0.570. The molecule has 0 amide bonds. The van der Waals surface area contributed by atoms with Crippen LogP contribution in [-0.2, 0) is 4.74 Å². The number of methoxy groups -OCH3 is 3. The van der Waals surface area contributed by atoms with Crippen molar-refractivity contribution in [3.05, 3.63) is 53.9 Å². The first-order valence-corrected chi connectivity index (χ1v) is 8.47. The summed E-state index contributed by atoms with van der Waals surface area (Å²) in [6, 6.07) is 12.4. The maximum Gasteiger partial charge on any atom is 0.342 e. The second kappa shape index (κ2) is 8.43. The van der Waals surface area contributed by atoms with Gasteiger partial charge >= 0.3 is 5.97 Å². The number of esters is 1. The van der Waals surface area contributed by atoms with Crippen molar-refractivity contribution in [2.24, 2.45) is 0 Å². The van der Waals surface area contributed by atoms with Crippen LogP contribution >= 0.6 is 0 Å². The lowest BCUT2D eigenvalue weighted by atomic mass is 10.1. The molecule has 2 aromatic carbocycles. The fourth-order valence-corrected chi connectivity index (χ4v) is 2.56. The van der Waals surface area contributed by atoms with E-state index in [0.717, 1.165) is 5.56 Å². The van der Waals surface area contributed by atoms with Gasteiger partial charge in [0.25, 0.3) is 5.89 Å². The first kappa shape index (κ1) is 19.2. The second-order valence-corrected chi connectivity index (χ2v) is 5.77. The largest absolute Gasteiger partial charge is 0.496 e. The molecule has 8 heteroatoms. The molecule has 1 unspecified atom stereocenters. The molecular formula is C20H20N2O6. The van der Waals surface area contributed by atoms with E-state index >= 15 is 0 Å². The predicted molar refractivity (Wildman–Crippen MR) is 99.7 cm³/mol. The third-order valence-electron chi connectivity index (χ3n) is 4.02. The number of ether oxygens (including phenoxy) is 4. The van der Waals surface area contributed by atoms with Gasteiger partial charge in [-0.25, -0.2) is 4.79 Å². The van der Waals surface area contributed by atoms with Crippen LogP contribution in [0.15, 0.2) is 46.9 Å². The molecule has 3 rings (SSSR count). The van der Waals surface area contributed by atoms with Gasteiger partial charge in [-0.1, -0.05) is 18.2 Å². The standard InChI is InChI=1S/C20H20N2O6/c1-12(18-21-22-19(28-18)13-8-6-5-7-9-13)27-20(23)14-10-16(25-3)17(26-4)11-15(14)24-2/h5-12H,1-4H3. The van der Waals surface area contributed by atoms with Crippen molar-refractivity contribution >= 4 is 5.97 Å². The summed E-state index contributed by atoms with van der Waals surface area (Å²) >= 11 is 0. The zero-order valence-electron chi connectivity index (χ0n) is 16.0. The summed E-state index contributed by atoms with van der Waals surface area (Å²) in [5.41, 5.74) is 0.969. The minimum Gasteiger partial charge on any atom is -0.496 e. The molecule has 0 aliphatic rings. The van der Waals surface area contributed by atoms with Crippen LogP contribution in [0.2, 0.25) is 0 Å². The van der Waals surface area contributed by atoms with E-state index in [0.29, 0.717) is 23.1 Å². The van der Waals surface area contributed by atoms with Gasteiger partial charge in [-0.2, -0.15) is 0 Å². The molecule has 0 fully saturated rings. The number of carbonyl (C=O) groups excluding carboxylic acids is 1. The average molecular weight is 384 g/mol. The summed E-state index contributed by atoms with van der Waals surface area (Å²) in [4.78, 5) is 12.7. The lowest BCUT2D eigenvalue weighted by Gasteiger charge is -2.15. The monoisotopic (exact) mass is 384 g/mol. The number of aromatic nitrogens is 2. The summed E-state index contributed by atoms with van der Waals surface area (Å²) in [5, 5.41) is 7.98. The number of hydrogen-bond acceptors (Lipinski definition) is 8. The summed E-state index contributed by atoms with van der Waals surface area (Å²) < 4.78 is 26.8. The number of carbonyl (C=O) groups is 1. The highest BCUT2D eigenvalue weighted by Gasteiger charge is 2.24. The van der Waals surface area contributed by atoms with Gasteiger partial charge in [0.2, 0.25) is 5.89 Å². The molecule has 1 atom stereocenters. The normalized spacial score (nSPS) is 11.6. The van der Waals surface area contributed by atoms with Crippen LogP contribution in [-0.4, -0.2) is 37.5 Å². The SMILES string of the molecule is COc1cc(OC)c(C(=O)OC(C)c2nnc(-c3ccccc3)o2)cc1OC. The minimum atomic E-state index is -0.754. The van der Waals surface area contributed by atoms with Crippen molar-refractivity contribution in [2.45, 2.75) is 13.0 Å². The first-order valence-electron chi connectivity index (χ1n) is 8.47. The Morgan fingerprint density at radius 3 is 2.21 bits per heavy atom. The molecule has 8 nitrogen and oxygen atoms in total. The Bertz CT molecular complexity index is 955. The van der Waals surface area contributed by atoms with Crippen LogP contribution in [0.4, 0.5) is 0 Å². The van der Waals surface area contributed by atoms with E-state index in [9.17, 15) is 4.79 Å². The van der Waals surface area contributed by atoms with Gasteiger partial charge in [0.05, 0.1) is 21.3 Å². The minimum absolute atomic E-state index is 0.187. The van der Waals surface area contributed by atoms with Crippen molar-refractivity contribution in [3.63, 3.8) is 0 Å². The number of benzene rings is 2. The molecule has 1 heterocycles. The zero-order valence-corrected chi connectivity index (χ0v) is 16.0. The van der Waals surface area contributed by atoms with Crippen LogP contribution in [0.25, 0.3) is 11.5 Å². The Kier molecular flexibility index (Phi) is 5.78. The van der Waals surface area contributed by atoms with Gasteiger partial charge in [-0.3, -0.25) is 0 Å². The highest BCUT2D eigenvalue weighted by molar-refractivity contribution is 5.93. The summed E-state index contributed by atoms with van der Waals surface area (Å²) in [6.45, 7) is 1.65. The van der Waals surface area contributed by atoms with Crippen molar-refractivity contribution in [3.8, 4) is 28.7 Å². The van der Waals surface area contributed by atoms with Crippen molar-refractivity contribution in [2.75, 3.05) is 21.3 Å². The highest BCUT2D eigenvalue weighted by Crippen LogP contribution is 2.35. The molecule has 0 saturated carbocycles. The maximum absolute atomic E-state index is 12.7. The van der Waals surface area contributed by atoms with Gasteiger partial charge in [0, 0.05) is 17.7 Å². The van der Waals surface area contributed by atoms with Crippen LogP contribution in [0.5, 0.6) is 17.2 Å². The highest BCUT2D eigenvalue weighted by atomic mass is 16.6. The Morgan fingerprint density at radius 2 is 1.57 bits per heavy atom. The Labute approximate surface area is 162 Å². The van der Waals surface area contributed by atoms with Gasteiger partial charge in [-0.05, 0) is 19.1 Å². The Morgan fingerprint density at radius 1 is 0.929 bits per heavy atom. The van der Waals surface area contributed by atoms with Crippen LogP contribution in [0.3, 0.4) is 0 Å². The number of hydrogen-bond donors (Lipinski definition) is 0. The molecule has 28 heavy (non-hydrogen) atoms. The molecule has 0 radical (unpaired) electrons. The summed E-state index contributed by atoms with van der Waals surface area (Å²) in [7, 11) is 4.43. The molecule has 0 bridgehead atoms. The Hall–Kier alpha value is -3.55. The van der Waals surface area contributed by atoms with E-state index in [4.69, 9.17) is 23.4 Å². The molecule has 1 aromatic heterocycles. The van der Waals surface area contributed by atoms with Crippen LogP contribution in [0, 0.1) is 0 Å². The third-order valence-corrected chi connectivity index (χ3v) is 4.02. The Balaban J connectivity index is 1.80. The van der Waals surface area contributed by atoms with Crippen molar-refractivity contribution < 1.29 is 28.2 Å². The molecule has 0 aliphatic carbocycles. The smallest absolute Gasteiger partial charge is 0.342 e. The van der Waals surface area contributed by atoms with E-state index in [1.54, 1.807) is 13.0 Å². The van der Waals surface area contributed by atoms with E-state index in [2.05, 4.69) is 10.2 Å². The fourth-order valence-electron chi connectivity index (χ4n) is 2.56. The lowest BCUT2D eigenvalue weighted by Crippen LogP contribution is -2.11. The molecule has 0 N–H and O–H groups in total. The van der Waals surface area contributed by atoms with Crippen LogP contribution in [0.1, 0.15) is 29.3 Å². The predicted octanol–water partition coefficient (Wildman–Crippen LogP) is 3.68. The molecule has 0 saturated heterocycles. The van der Waals surface area contributed by atoms with Gasteiger partial charge in [-0.15, -0.1) is 10.2 Å². The van der Waals surface area contributed by atoms with E-state index in [1.807, 2.05) is 30.3 Å². The number of rotatable bonds is 7. The zero-order chi connectivity index (χ0) is 20.1.